The number of carbonyl (C=O) groups excluding carboxylic acids is 1. The van der Waals surface area contributed by atoms with Crippen molar-refractivity contribution >= 4 is 34.5 Å². The van der Waals surface area contributed by atoms with Gasteiger partial charge >= 0.3 is 0 Å². The fourth-order valence-electron chi connectivity index (χ4n) is 1.56. The highest BCUT2D eigenvalue weighted by atomic mass is 127. The zero-order valence-electron chi connectivity index (χ0n) is 10.1. The lowest BCUT2D eigenvalue weighted by molar-refractivity contribution is 0.104. The summed E-state index contributed by atoms with van der Waals surface area (Å²) in [6.07, 6.45) is 3.46. The lowest BCUT2D eigenvalue weighted by Crippen LogP contribution is -1.93. The summed E-state index contributed by atoms with van der Waals surface area (Å²) in [5.41, 5.74) is 2.92. The second kappa shape index (κ2) is 5.96. The molecule has 0 N–H and O–H groups in total. The van der Waals surface area contributed by atoms with Crippen LogP contribution in [0.1, 0.15) is 21.5 Å². The summed E-state index contributed by atoms with van der Waals surface area (Å²) in [5, 5.41) is 0. The van der Waals surface area contributed by atoms with Gasteiger partial charge in [-0.15, -0.1) is 0 Å². The Morgan fingerprint density at radius 2 is 1.61 bits per heavy atom. The molecule has 0 amide bonds. The molecule has 0 atom stereocenters. The van der Waals surface area contributed by atoms with Crippen LogP contribution in [0.5, 0.6) is 0 Å². The van der Waals surface area contributed by atoms with Crippen LogP contribution in [0.4, 0.5) is 0 Å². The second-order valence-electron chi connectivity index (χ2n) is 4.12. The molecule has 2 heteroatoms. The number of halogens is 1. The van der Waals surface area contributed by atoms with Crippen molar-refractivity contribution in [3.05, 3.63) is 74.9 Å². The third-order valence-corrected chi connectivity index (χ3v) is 3.35. The van der Waals surface area contributed by atoms with E-state index in [2.05, 4.69) is 22.6 Å². The maximum Gasteiger partial charge on any atom is 0.185 e. The van der Waals surface area contributed by atoms with E-state index < -0.39 is 0 Å². The summed E-state index contributed by atoms with van der Waals surface area (Å²) >= 11 is 2.26. The van der Waals surface area contributed by atoms with E-state index >= 15 is 0 Å². The monoisotopic (exact) mass is 348 g/mol. The van der Waals surface area contributed by atoms with Gasteiger partial charge in [-0.3, -0.25) is 4.79 Å². The summed E-state index contributed by atoms with van der Waals surface area (Å²) < 4.78 is 1.19. The van der Waals surface area contributed by atoms with Crippen LogP contribution in [0.25, 0.3) is 6.08 Å². The van der Waals surface area contributed by atoms with Gasteiger partial charge in [-0.05, 0) is 53.3 Å². The van der Waals surface area contributed by atoms with E-state index in [1.54, 1.807) is 6.08 Å². The lowest BCUT2D eigenvalue weighted by Gasteiger charge is -1.97. The van der Waals surface area contributed by atoms with Crippen molar-refractivity contribution < 1.29 is 4.79 Å². The highest BCUT2D eigenvalue weighted by molar-refractivity contribution is 14.1. The first-order valence-corrected chi connectivity index (χ1v) is 6.78. The van der Waals surface area contributed by atoms with Gasteiger partial charge in [0.25, 0.3) is 0 Å². The first kappa shape index (κ1) is 13.0. The van der Waals surface area contributed by atoms with Gasteiger partial charge in [-0.1, -0.05) is 48.0 Å². The van der Waals surface area contributed by atoms with Crippen LogP contribution in [0.15, 0.2) is 54.6 Å². The van der Waals surface area contributed by atoms with E-state index in [1.807, 2.05) is 61.5 Å². The standard InChI is InChI=1S/C16H13IO/c1-12-2-7-14(8-3-12)16(18)11-6-13-4-9-15(17)10-5-13/h2-11H,1H3/b11-6+. The fraction of sp³-hybridized carbons (Fsp3) is 0.0625. The van der Waals surface area contributed by atoms with Gasteiger partial charge in [-0.25, -0.2) is 0 Å². The van der Waals surface area contributed by atoms with Gasteiger partial charge in [0.05, 0.1) is 0 Å². The van der Waals surface area contributed by atoms with Crippen molar-refractivity contribution in [2.75, 3.05) is 0 Å². The smallest absolute Gasteiger partial charge is 0.185 e. The van der Waals surface area contributed by atoms with Crippen molar-refractivity contribution in [3.63, 3.8) is 0 Å². The number of carbonyl (C=O) groups is 1. The predicted octanol–water partition coefficient (Wildman–Crippen LogP) is 4.50. The summed E-state index contributed by atoms with van der Waals surface area (Å²) in [7, 11) is 0. The average molecular weight is 348 g/mol. The van der Waals surface area contributed by atoms with Crippen LogP contribution in [0.2, 0.25) is 0 Å². The van der Waals surface area contributed by atoms with Crippen molar-refractivity contribution in [2.45, 2.75) is 6.92 Å². The molecular weight excluding hydrogens is 335 g/mol. The highest BCUT2D eigenvalue weighted by Crippen LogP contribution is 2.10. The maximum atomic E-state index is 11.9. The summed E-state index contributed by atoms with van der Waals surface area (Å²) in [6.45, 7) is 2.01. The maximum absolute atomic E-state index is 11.9. The molecule has 1 nitrogen and oxygen atoms in total. The SMILES string of the molecule is Cc1ccc(C(=O)/C=C/c2ccc(I)cc2)cc1. The molecule has 0 aliphatic rings. The molecule has 0 radical (unpaired) electrons. The lowest BCUT2D eigenvalue weighted by atomic mass is 10.1. The van der Waals surface area contributed by atoms with Gasteiger partial charge in [0.2, 0.25) is 0 Å². The van der Waals surface area contributed by atoms with Crippen molar-refractivity contribution in [2.24, 2.45) is 0 Å². The number of rotatable bonds is 3. The zero-order chi connectivity index (χ0) is 13.0. The molecular formula is C16H13IO. The predicted molar refractivity (Wildman–Crippen MR) is 83.7 cm³/mol. The average Bonchev–Trinajstić information content (AvgIpc) is 2.38. The molecule has 0 saturated heterocycles. The molecule has 18 heavy (non-hydrogen) atoms. The number of hydrogen-bond donors (Lipinski definition) is 0. The Morgan fingerprint density at radius 3 is 2.22 bits per heavy atom. The number of ketones is 1. The Balaban J connectivity index is 2.11. The molecule has 2 rings (SSSR count). The van der Waals surface area contributed by atoms with Crippen molar-refractivity contribution in [3.8, 4) is 0 Å². The zero-order valence-corrected chi connectivity index (χ0v) is 12.2. The Labute approximate surface area is 121 Å². The van der Waals surface area contributed by atoms with Crippen LogP contribution in [0, 0.1) is 10.5 Å². The van der Waals surface area contributed by atoms with Gasteiger partial charge in [0.1, 0.15) is 0 Å². The summed E-state index contributed by atoms with van der Waals surface area (Å²) in [6, 6.07) is 15.7. The molecule has 0 bridgehead atoms. The first-order valence-electron chi connectivity index (χ1n) is 5.70. The molecule has 0 spiro atoms. The minimum Gasteiger partial charge on any atom is -0.289 e. The molecule has 2 aromatic carbocycles. The fourth-order valence-corrected chi connectivity index (χ4v) is 1.92. The number of allylic oxidation sites excluding steroid dienone is 1. The number of benzene rings is 2. The number of aryl methyl sites for hydroxylation is 1. The van der Waals surface area contributed by atoms with Crippen LogP contribution < -0.4 is 0 Å². The van der Waals surface area contributed by atoms with E-state index in [0.29, 0.717) is 0 Å². The minimum absolute atomic E-state index is 0.0357. The molecule has 0 saturated carbocycles. The molecule has 0 heterocycles. The Hall–Kier alpha value is -1.42. The van der Waals surface area contributed by atoms with E-state index in [-0.39, 0.29) is 5.78 Å². The Morgan fingerprint density at radius 1 is 1.00 bits per heavy atom. The quantitative estimate of drug-likeness (QED) is 0.454. The second-order valence-corrected chi connectivity index (χ2v) is 5.36. The minimum atomic E-state index is 0.0357. The van der Waals surface area contributed by atoms with E-state index in [0.717, 1.165) is 16.7 Å². The molecule has 0 fully saturated rings. The van der Waals surface area contributed by atoms with E-state index in [4.69, 9.17) is 0 Å². The van der Waals surface area contributed by atoms with Gasteiger partial charge in [0, 0.05) is 9.13 Å². The largest absolute Gasteiger partial charge is 0.289 e. The van der Waals surface area contributed by atoms with Crippen molar-refractivity contribution in [1.82, 2.24) is 0 Å². The van der Waals surface area contributed by atoms with Crippen LogP contribution in [-0.4, -0.2) is 5.78 Å². The molecule has 0 aliphatic carbocycles. The Kier molecular flexibility index (Phi) is 4.31. The molecule has 0 unspecified atom stereocenters. The third-order valence-electron chi connectivity index (χ3n) is 2.63. The molecule has 2 aromatic rings. The van der Waals surface area contributed by atoms with Crippen LogP contribution >= 0.6 is 22.6 Å². The van der Waals surface area contributed by atoms with Crippen LogP contribution in [0.3, 0.4) is 0 Å². The first-order chi connectivity index (χ1) is 8.65. The van der Waals surface area contributed by atoms with Gasteiger partial charge < -0.3 is 0 Å². The summed E-state index contributed by atoms with van der Waals surface area (Å²) in [4.78, 5) is 11.9. The number of hydrogen-bond acceptors (Lipinski definition) is 1. The topological polar surface area (TPSA) is 17.1 Å². The summed E-state index contributed by atoms with van der Waals surface area (Å²) in [5.74, 6) is 0.0357. The third kappa shape index (κ3) is 3.53. The van der Waals surface area contributed by atoms with E-state index in [9.17, 15) is 4.79 Å². The van der Waals surface area contributed by atoms with E-state index in [1.165, 1.54) is 3.57 Å². The normalized spacial score (nSPS) is 10.8. The van der Waals surface area contributed by atoms with Crippen LogP contribution in [-0.2, 0) is 0 Å². The van der Waals surface area contributed by atoms with Gasteiger partial charge in [-0.2, -0.15) is 0 Å². The molecule has 0 aliphatic heterocycles. The molecule has 90 valence electrons. The van der Waals surface area contributed by atoms with Gasteiger partial charge in [0.15, 0.2) is 5.78 Å². The highest BCUT2D eigenvalue weighted by Gasteiger charge is 2.00. The Bertz CT molecular complexity index is 565. The molecule has 0 aromatic heterocycles. The van der Waals surface area contributed by atoms with Crippen molar-refractivity contribution in [1.29, 1.82) is 0 Å².